The molecular weight excluding hydrogens is 112 g/mol. The molecule has 2 heteroatoms. The van der Waals surface area contributed by atoms with E-state index in [4.69, 9.17) is 0 Å². The Hall–Kier alpha value is -1.18. The summed E-state index contributed by atoms with van der Waals surface area (Å²) in [4.78, 5) is 0. The number of aromatic nitrogens is 2. The average Bonchev–Trinajstić information content (AvgIpc) is 2.33. The average molecular weight is 119 g/mol. The van der Waals surface area contributed by atoms with Gasteiger partial charge in [-0.25, -0.2) is 0 Å². The van der Waals surface area contributed by atoms with Crippen LogP contribution in [-0.2, 0) is 0 Å². The van der Waals surface area contributed by atoms with Crippen LogP contribution in [0.2, 0.25) is 0 Å². The fraction of sp³-hybridized carbons (Fsp3) is 0.143. The molecule has 0 saturated heterocycles. The highest BCUT2D eigenvalue weighted by Gasteiger charge is 1.99. The van der Waals surface area contributed by atoms with Crippen molar-refractivity contribution in [1.82, 2.24) is 5.10 Å². The van der Waals surface area contributed by atoms with Gasteiger partial charge >= 0.3 is 0 Å². The van der Waals surface area contributed by atoms with Crippen molar-refractivity contribution in [2.75, 3.05) is 0 Å². The normalized spacial score (nSPS) is 13.8. The third kappa shape index (κ3) is 0.633. The highest BCUT2D eigenvalue weighted by atomic mass is 15.2. The molecule has 44 valence electrons. The largest absolute Gasteiger partial charge is 0.234 e. The molecule has 0 aliphatic carbocycles. The number of fused-ring (bicyclic) bond motifs is 1. The standard InChI is InChI=1S/C7H7N2/c1-3-7-4-2-6-9(7)8-5-1/h1,3-6H,2H2/q+1. The van der Waals surface area contributed by atoms with Gasteiger partial charge in [0, 0.05) is 12.1 Å². The second kappa shape index (κ2) is 1.65. The van der Waals surface area contributed by atoms with Gasteiger partial charge in [0.2, 0.25) is 5.35 Å². The minimum Gasteiger partial charge on any atom is -0.0567 e. The topological polar surface area (TPSA) is 18.8 Å². The summed E-state index contributed by atoms with van der Waals surface area (Å²) in [5, 5.41) is 5.28. The smallest absolute Gasteiger partial charge is 0.0567 e. The monoisotopic (exact) mass is 119 g/mol. The van der Waals surface area contributed by atoms with E-state index in [2.05, 4.69) is 23.5 Å². The third-order valence-corrected chi connectivity index (χ3v) is 1.41. The van der Waals surface area contributed by atoms with Gasteiger partial charge in [-0.1, -0.05) is 4.36 Å². The lowest BCUT2D eigenvalue weighted by molar-refractivity contribution is -0.588. The second-order valence-corrected chi connectivity index (χ2v) is 2.02. The van der Waals surface area contributed by atoms with Crippen molar-refractivity contribution in [1.29, 1.82) is 0 Å². The molecule has 2 rings (SSSR count). The van der Waals surface area contributed by atoms with Crippen molar-refractivity contribution in [3.05, 3.63) is 29.9 Å². The van der Waals surface area contributed by atoms with Gasteiger partial charge in [0.1, 0.15) is 0 Å². The Morgan fingerprint density at radius 2 is 2.56 bits per heavy atom. The van der Waals surface area contributed by atoms with E-state index in [9.17, 15) is 0 Å². The Bertz CT molecular complexity index is 294. The first-order valence-electron chi connectivity index (χ1n) is 3.00. The first-order chi connectivity index (χ1) is 4.47. The van der Waals surface area contributed by atoms with Crippen LogP contribution in [0, 0.1) is 6.21 Å². The Kier molecular flexibility index (Phi) is 0.859. The number of rotatable bonds is 0. The molecule has 0 unspecified atom stereocenters. The zero-order valence-electron chi connectivity index (χ0n) is 4.99. The molecule has 1 aromatic rings. The maximum absolute atomic E-state index is 4.09. The lowest BCUT2D eigenvalue weighted by Gasteiger charge is -1.70. The molecule has 0 radical (unpaired) electrons. The van der Waals surface area contributed by atoms with Crippen molar-refractivity contribution in [2.24, 2.45) is 0 Å². The maximum atomic E-state index is 4.09. The van der Waals surface area contributed by atoms with Gasteiger partial charge < -0.3 is 0 Å². The summed E-state index contributed by atoms with van der Waals surface area (Å²) in [5.74, 6) is 0. The quantitative estimate of drug-likeness (QED) is 0.424. The minimum atomic E-state index is 1.01. The van der Waals surface area contributed by atoms with Crippen LogP contribution in [0.4, 0.5) is 0 Å². The summed E-state index contributed by atoms with van der Waals surface area (Å²) < 4.78 is 1.89. The molecule has 9 heavy (non-hydrogen) atoms. The number of hydrogen-bond donors (Lipinski definition) is 0. The summed E-state index contributed by atoms with van der Waals surface area (Å²) >= 11 is 0. The Morgan fingerprint density at radius 3 is 3.44 bits per heavy atom. The molecule has 2 nitrogen and oxygen atoms in total. The molecule has 0 bridgehead atoms. The molecule has 1 aromatic heterocycles. The summed E-state index contributed by atoms with van der Waals surface area (Å²) in [6.07, 6.45) is 7.00. The molecule has 0 aromatic carbocycles. The zero-order chi connectivity index (χ0) is 6.10. The third-order valence-electron chi connectivity index (χ3n) is 1.41. The Labute approximate surface area is 52.8 Å². The van der Waals surface area contributed by atoms with Gasteiger partial charge in [-0.15, -0.1) is 0 Å². The van der Waals surface area contributed by atoms with Crippen molar-refractivity contribution in [3.8, 4) is 0 Å². The molecule has 1 aliphatic heterocycles. The molecule has 0 saturated carbocycles. The van der Waals surface area contributed by atoms with Gasteiger partial charge in [0.05, 0.1) is 12.6 Å². The van der Waals surface area contributed by atoms with E-state index in [1.165, 1.54) is 5.35 Å². The predicted molar refractivity (Wildman–Crippen MR) is 32.8 cm³/mol. The second-order valence-electron chi connectivity index (χ2n) is 2.02. The van der Waals surface area contributed by atoms with E-state index in [1.54, 1.807) is 6.20 Å². The minimum absolute atomic E-state index is 1.01. The fourth-order valence-corrected chi connectivity index (χ4v) is 0.982. The molecule has 1 aliphatic rings. The highest BCUT2D eigenvalue weighted by molar-refractivity contribution is 5.17. The lowest BCUT2D eigenvalue weighted by atomic mass is 10.4. The van der Waals surface area contributed by atoms with Gasteiger partial charge in [-0.3, -0.25) is 0 Å². The van der Waals surface area contributed by atoms with Crippen molar-refractivity contribution in [3.63, 3.8) is 0 Å². The first kappa shape index (κ1) is 4.68. The molecule has 0 spiro atoms. The molecule has 2 heterocycles. The van der Waals surface area contributed by atoms with Crippen LogP contribution in [-0.4, -0.2) is 5.10 Å². The summed E-state index contributed by atoms with van der Waals surface area (Å²) in [6.45, 7) is 0. The van der Waals surface area contributed by atoms with Crippen LogP contribution in [0.1, 0.15) is 6.42 Å². The van der Waals surface area contributed by atoms with E-state index < -0.39 is 0 Å². The van der Waals surface area contributed by atoms with Gasteiger partial charge in [-0.05, 0) is 11.2 Å². The number of hydrogen-bond acceptors (Lipinski definition) is 1. The SMILES string of the molecule is C1=c2cccn[n+]2=CC1. The van der Waals surface area contributed by atoms with Gasteiger partial charge in [0.25, 0.3) is 0 Å². The molecular formula is C7H7N2+. The zero-order valence-corrected chi connectivity index (χ0v) is 4.99. The van der Waals surface area contributed by atoms with E-state index in [0.29, 0.717) is 0 Å². The molecule has 0 N–H and O–H groups in total. The van der Waals surface area contributed by atoms with Crippen LogP contribution < -0.4 is 9.71 Å². The fourth-order valence-electron chi connectivity index (χ4n) is 0.982. The molecule has 0 fully saturated rings. The van der Waals surface area contributed by atoms with Crippen molar-refractivity contribution < 1.29 is 4.36 Å². The molecule has 0 amide bonds. The summed E-state index contributed by atoms with van der Waals surface area (Å²) in [5.41, 5.74) is 0. The maximum Gasteiger partial charge on any atom is 0.234 e. The highest BCUT2D eigenvalue weighted by Crippen LogP contribution is 1.80. The van der Waals surface area contributed by atoms with Gasteiger partial charge in [-0.2, -0.15) is 0 Å². The van der Waals surface area contributed by atoms with Crippen molar-refractivity contribution in [2.45, 2.75) is 6.42 Å². The van der Waals surface area contributed by atoms with Gasteiger partial charge in [0.15, 0.2) is 6.21 Å². The van der Waals surface area contributed by atoms with E-state index in [1.807, 2.05) is 10.4 Å². The van der Waals surface area contributed by atoms with E-state index >= 15 is 0 Å². The Balaban J connectivity index is 2.97. The van der Waals surface area contributed by atoms with Crippen LogP contribution in [0.15, 0.2) is 18.3 Å². The molecule has 0 atom stereocenters. The van der Waals surface area contributed by atoms with Crippen molar-refractivity contribution >= 4 is 6.08 Å². The summed E-state index contributed by atoms with van der Waals surface area (Å²) in [7, 11) is 0. The number of nitrogens with zero attached hydrogens (tertiary/aromatic N) is 2. The van der Waals surface area contributed by atoms with Crippen LogP contribution in [0.3, 0.4) is 0 Å². The lowest BCUT2D eigenvalue weighted by Crippen LogP contribution is -2.36. The van der Waals surface area contributed by atoms with E-state index in [0.717, 1.165) is 6.42 Å². The first-order valence-corrected chi connectivity index (χ1v) is 3.00. The van der Waals surface area contributed by atoms with Crippen LogP contribution in [0.25, 0.3) is 6.08 Å². The van der Waals surface area contributed by atoms with Crippen LogP contribution >= 0.6 is 0 Å². The van der Waals surface area contributed by atoms with E-state index in [-0.39, 0.29) is 0 Å². The predicted octanol–water partition coefficient (Wildman–Crippen LogP) is -0.437. The van der Waals surface area contributed by atoms with Crippen LogP contribution in [0.5, 0.6) is 0 Å². The Morgan fingerprint density at radius 1 is 1.56 bits per heavy atom. The summed E-state index contributed by atoms with van der Waals surface area (Å²) in [6, 6.07) is 4.00.